The number of halogens is 4. The van der Waals surface area contributed by atoms with Crippen molar-refractivity contribution in [3.63, 3.8) is 0 Å². The summed E-state index contributed by atoms with van der Waals surface area (Å²) in [6.07, 6.45) is -4.52. The molecule has 0 radical (unpaired) electrons. The number of benzene rings is 2. The first-order valence-electron chi connectivity index (χ1n) is 5.96. The Kier molecular flexibility index (Phi) is 4.67. The van der Waals surface area contributed by atoms with Crippen molar-refractivity contribution in [1.82, 2.24) is 0 Å². The van der Waals surface area contributed by atoms with Gasteiger partial charge in [-0.1, -0.05) is 40.2 Å². The molecule has 2 nitrogen and oxygen atoms in total. The number of ether oxygens (including phenoxy) is 1. The van der Waals surface area contributed by atoms with E-state index in [4.69, 9.17) is 4.74 Å². The zero-order chi connectivity index (χ0) is 15.5. The molecule has 0 saturated heterocycles. The van der Waals surface area contributed by atoms with E-state index < -0.39 is 18.3 Å². The zero-order valence-corrected chi connectivity index (χ0v) is 12.2. The molecule has 0 aliphatic carbocycles. The van der Waals surface area contributed by atoms with E-state index in [0.717, 1.165) is 10.5 Å². The highest BCUT2D eigenvalue weighted by Gasteiger charge is 2.34. The van der Waals surface area contributed by atoms with Crippen LogP contribution < -0.4 is 4.74 Å². The summed E-state index contributed by atoms with van der Waals surface area (Å²) in [7, 11) is 0. The van der Waals surface area contributed by atoms with Gasteiger partial charge in [0.05, 0.1) is 5.56 Å². The van der Waals surface area contributed by atoms with Crippen LogP contribution in [-0.4, -0.2) is 12.4 Å². The zero-order valence-electron chi connectivity index (χ0n) is 10.7. The molecule has 0 amide bonds. The summed E-state index contributed by atoms with van der Waals surface area (Å²) in [5, 5.41) is 0. The number of rotatable bonds is 4. The lowest BCUT2D eigenvalue weighted by Gasteiger charge is -2.13. The van der Waals surface area contributed by atoms with Crippen LogP contribution in [-0.2, 0) is 6.18 Å². The van der Waals surface area contributed by atoms with Crippen LogP contribution in [0.4, 0.5) is 13.2 Å². The average molecular weight is 359 g/mol. The van der Waals surface area contributed by atoms with Crippen LogP contribution in [0.3, 0.4) is 0 Å². The van der Waals surface area contributed by atoms with Crippen LogP contribution in [0.2, 0.25) is 0 Å². The molecule has 110 valence electrons. The van der Waals surface area contributed by atoms with E-state index in [1.54, 1.807) is 24.3 Å². The summed E-state index contributed by atoms with van der Waals surface area (Å²) < 4.78 is 44.1. The van der Waals surface area contributed by atoms with Crippen LogP contribution in [0.25, 0.3) is 0 Å². The number of hydrogen-bond donors (Lipinski definition) is 0. The van der Waals surface area contributed by atoms with Crippen molar-refractivity contribution in [2.75, 3.05) is 6.61 Å². The van der Waals surface area contributed by atoms with Crippen LogP contribution in [0.1, 0.15) is 15.9 Å². The number of ketones is 1. The van der Waals surface area contributed by atoms with Gasteiger partial charge in [-0.05, 0) is 24.3 Å². The van der Waals surface area contributed by atoms with Crippen molar-refractivity contribution >= 4 is 21.7 Å². The van der Waals surface area contributed by atoms with Crippen molar-refractivity contribution in [3.05, 3.63) is 64.1 Å². The second kappa shape index (κ2) is 6.30. The van der Waals surface area contributed by atoms with Gasteiger partial charge in [0.1, 0.15) is 5.75 Å². The lowest BCUT2D eigenvalue weighted by molar-refractivity contribution is -0.138. The highest BCUT2D eigenvalue weighted by atomic mass is 79.9. The topological polar surface area (TPSA) is 26.3 Å². The molecule has 2 rings (SSSR count). The molecule has 0 atom stereocenters. The average Bonchev–Trinajstić information content (AvgIpc) is 2.45. The van der Waals surface area contributed by atoms with Gasteiger partial charge in [0, 0.05) is 10.0 Å². The second-order valence-corrected chi connectivity index (χ2v) is 5.13. The first-order valence-corrected chi connectivity index (χ1v) is 6.75. The summed E-state index contributed by atoms with van der Waals surface area (Å²) in [5.41, 5.74) is -0.517. The van der Waals surface area contributed by atoms with Gasteiger partial charge in [-0.15, -0.1) is 0 Å². The Bertz CT molecular complexity index is 636. The number of alkyl halides is 3. The van der Waals surface area contributed by atoms with Gasteiger partial charge in [-0.3, -0.25) is 4.79 Å². The minimum atomic E-state index is -4.52. The van der Waals surface area contributed by atoms with E-state index in [1.807, 2.05) is 0 Å². The number of carbonyl (C=O) groups excluding carboxylic acids is 1. The Morgan fingerprint density at radius 2 is 1.67 bits per heavy atom. The fourth-order valence-corrected chi connectivity index (χ4v) is 1.95. The fraction of sp³-hybridized carbons (Fsp3) is 0.133. The minimum Gasteiger partial charge on any atom is -0.485 e. The predicted molar refractivity (Wildman–Crippen MR) is 75.4 cm³/mol. The summed E-state index contributed by atoms with van der Waals surface area (Å²) in [6, 6.07) is 11.3. The number of hydrogen-bond acceptors (Lipinski definition) is 2. The largest absolute Gasteiger partial charge is 0.485 e. The Morgan fingerprint density at radius 3 is 2.29 bits per heavy atom. The quantitative estimate of drug-likeness (QED) is 0.738. The fourth-order valence-electron chi connectivity index (χ4n) is 1.69. The van der Waals surface area contributed by atoms with Crippen molar-refractivity contribution in [2.45, 2.75) is 6.18 Å². The normalized spacial score (nSPS) is 11.2. The third-order valence-corrected chi connectivity index (χ3v) is 3.25. The maximum atomic E-state index is 12.8. The summed E-state index contributed by atoms with van der Waals surface area (Å²) in [6.45, 7) is -0.450. The molecule has 0 unspecified atom stereocenters. The minimum absolute atomic E-state index is 0.351. The van der Waals surface area contributed by atoms with Crippen molar-refractivity contribution in [1.29, 1.82) is 0 Å². The molecule has 0 spiro atoms. The number of para-hydroxylation sites is 1. The lowest BCUT2D eigenvalue weighted by Crippen LogP contribution is -2.14. The van der Waals surface area contributed by atoms with Gasteiger partial charge in [-0.25, -0.2) is 0 Å². The van der Waals surface area contributed by atoms with Gasteiger partial charge < -0.3 is 4.74 Å². The summed E-state index contributed by atoms with van der Waals surface area (Å²) in [5.74, 6) is -0.741. The smallest absolute Gasteiger partial charge is 0.419 e. The van der Waals surface area contributed by atoms with Crippen LogP contribution in [0.15, 0.2) is 53.0 Å². The van der Waals surface area contributed by atoms with Crippen molar-refractivity contribution in [2.24, 2.45) is 0 Å². The maximum absolute atomic E-state index is 12.8. The Morgan fingerprint density at radius 1 is 1.05 bits per heavy atom. The third-order valence-electron chi connectivity index (χ3n) is 2.72. The van der Waals surface area contributed by atoms with Crippen molar-refractivity contribution < 1.29 is 22.7 Å². The molecule has 0 aromatic heterocycles. The van der Waals surface area contributed by atoms with E-state index in [1.165, 1.54) is 18.2 Å². The van der Waals surface area contributed by atoms with E-state index in [-0.39, 0.29) is 11.5 Å². The second-order valence-electron chi connectivity index (χ2n) is 4.21. The number of carbonyl (C=O) groups is 1. The van der Waals surface area contributed by atoms with Crippen LogP contribution in [0.5, 0.6) is 5.75 Å². The first-order chi connectivity index (χ1) is 9.88. The summed E-state index contributed by atoms with van der Waals surface area (Å²) >= 11 is 3.23. The molecular weight excluding hydrogens is 349 g/mol. The molecule has 0 aliphatic heterocycles. The third kappa shape index (κ3) is 4.07. The molecule has 2 aromatic carbocycles. The lowest BCUT2D eigenvalue weighted by atomic mass is 10.1. The molecule has 0 aliphatic rings. The maximum Gasteiger partial charge on any atom is 0.419 e. The molecular formula is C15H10BrF3O2. The molecule has 0 N–H and O–H groups in total. The molecule has 6 heteroatoms. The van der Waals surface area contributed by atoms with Gasteiger partial charge >= 0.3 is 6.18 Å². The van der Waals surface area contributed by atoms with E-state index in [9.17, 15) is 18.0 Å². The van der Waals surface area contributed by atoms with Gasteiger partial charge in [0.2, 0.25) is 0 Å². The molecule has 0 bridgehead atoms. The molecule has 2 aromatic rings. The Balaban J connectivity index is 2.10. The SMILES string of the molecule is O=C(COc1ccccc1C(F)(F)F)c1ccc(Br)cc1. The van der Waals surface area contributed by atoms with Crippen LogP contribution in [0, 0.1) is 0 Å². The van der Waals surface area contributed by atoms with Crippen LogP contribution >= 0.6 is 15.9 Å². The van der Waals surface area contributed by atoms with Crippen molar-refractivity contribution in [3.8, 4) is 5.75 Å². The first kappa shape index (κ1) is 15.6. The molecule has 21 heavy (non-hydrogen) atoms. The molecule has 0 fully saturated rings. The molecule has 0 saturated carbocycles. The predicted octanol–water partition coefficient (Wildman–Crippen LogP) is 4.73. The number of Topliss-reactive ketones (excluding diaryl/α,β-unsaturated/α-hetero) is 1. The van der Waals surface area contributed by atoms with E-state index >= 15 is 0 Å². The van der Waals surface area contributed by atoms with Gasteiger partial charge in [0.15, 0.2) is 12.4 Å². The van der Waals surface area contributed by atoms with E-state index in [2.05, 4.69) is 15.9 Å². The Hall–Kier alpha value is -1.82. The monoisotopic (exact) mass is 358 g/mol. The van der Waals surface area contributed by atoms with E-state index in [0.29, 0.717) is 5.56 Å². The van der Waals surface area contributed by atoms with Gasteiger partial charge in [0.25, 0.3) is 0 Å². The van der Waals surface area contributed by atoms with Gasteiger partial charge in [-0.2, -0.15) is 13.2 Å². The molecule has 0 heterocycles. The standard InChI is InChI=1S/C15H10BrF3O2/c16-11-7-5-10(6-8-11)13(20)9-21-14-4-2-1-3-12(14)15(17,18)19/h1-8H,9H2. The highest BCUT2D eigenvalue weighted by Crippen LogP contribution is 2.35. The Labute approximate surface area is 127 Å². The highest BCUT2D eigenvalue weighted by molar-refractivity contribution is 9.10. The summed E-state index contributed by atoms with van der Waals surface area (Å²) in [4.78, 5) is 11.9.